The van der Waals surface area contributed by atoms with Crippen molar-refractivity contribution in [3.05, 3.63) is 42.0 Å². The van der Waals surface area contributed by atoms with Gasteiger partial charge in [0.1, 0.15) is 0 Å². The Bertz CT molecular complexity index is 552. The second-order valence-corrected chi connectivity index (χ2v) is 7.87. The monoisotopic (exact) mass is 296 g/mol. The number of rotatable bonds is 4. The molecule has 2 nitrogen and oxygen atoms in total. The van der Waals surface area contributed by atoms with Crippen molar-refractivity contribution < 1.29 is 9.90 Å². The number of carbonyl (C=O) groups is 1. The van der Waals surface area contributed by atoms with Gasteiger partial charge in [-0.05, 0) is 67.3 Å². The van der Waals surface area contributed by atoms with Gasteiger partial charge in [0, 0.05) is 0 Å². The predicted molar refractivity (Wildman–Crippen MR) is 87.2 cm³/mol. The molecule has 116 valence electrons. The Labute approximate surface area is 132 Å². The molecule has 4 fully saturated rings. The van der Waals surface area contributed by atoms with Gasteiger partial charge < -0.3 is 5.11 Å². The lowest BCUT2D eigenvalue weighted by atomic mass is 9.46. The maximum absolute atomic E-state index is 12.0. The summed E-state index contributed by atoms with van der Waals surface area (Å²) in [6.45, 7) is 0. The van der Waals surface area contributed by atoms with Gasteiger partial charge in [-0.3, -0.25) is 4.79 Å². The average molecular weight is 296 g/mol. The highest BCUT2D eigenvalue weighted by Crippen LogP contribution is 2.63. The minimum absolute atomic E-state index is 0.0336. The summed E-state index contributed by atoms with van der Waals surface area (Å²) in [5.41, 5.74) is 1.13. The highest BCUT2D eigenvalue weighted by Gasteiger charge is 2.55. The van der Waals surface area contributed by atoms with Gasteiger partial charge in [0.05, 0.1) is 5.92 Å². The average Bonchev–Trinajstić information content (AvgIpc) is 2.46. The van der Waals surface area contributed by atoms with E-state index in [1.807, 2.05) is 42.5 Å². The van der Waals surface area contributed by atoms with E-state index < -0.39 is 5.97 Å². The molecule has 2 heteroatoms. The number of aliphatic carboxylic acids is 1. The van der Waals surface area contributed by atoms with Crippen molar-refractivity contribution in [2.75, 3.05) is 0 Å². The quantitative estimate of drug-likeness (QED) is 0.880. The SMILES string of the molecule is O=C(O)C(C=Cc1ccccc1)C12CC3CC(CC(C3)C1)C2. The summed E-state index contributed by atoms with van der Waals surface area (Å²) in [4.78, 5) is 12.0. The van der Waals surface area contributed by atoms with E-state index in [9.17, 15) is 9.90 Å². The Morgan fingerprint density at radius 3 is 2.09 bits per heavy atom. The summed E-state index contributed by atoms with van der Waals surface area (Å²) in [7, 11) is 0. The fourth-order valence-corrected chi connectivity index (χ4v) is 5.88. The number of benzene rings is 1. The normalized spacial score (nSPS) is 37.5. The highest BCUT2D eigenvalue weighted by atomic mass is 16.4. The van der Waals surface area contributed by atoms with Crippen LogP contribution in [-0.4, -0.2) is 11.1 Å². The molecule has 1 atom stereocenters. The molecule has 0 aromatic heterocycles. The number of carboxylic acid groups (broad SMARTS) is 1. The second kappa shape index (κ2) is 5.26. The van der Waals surface area contributed by atoms with Crippen LogP contribution in [0.15, 0.2) is 36.4 Å². The summed E-state index contributed by atoms with van der Waals surface area (Å²) in [5, 5.41) is 9.86. The molecular formula is C20H24O2. The Kier molecular flexibility index (Phi) is 3.36. The molecule has 0 aliphatic heterocycles. The third kappa shape index (κ3) is 2.39. The lowest BCUT2D eigenvalue weighted by Gasteiger charge is -2.58. The highest BCUT2D eigenvalue weighted by molar-refractivity contribution is 5.75. The third-order valence-corrected chi connectivity index (χ3v) is 6.29. The minimum Gasteiger partial charge on any atom is -0.481 e. The largest absolute Gasteiger partial charge is 0.481 e. The van der Waals surface area contributed by atoms with Crippen LogP contribution in [0.2, 0.25) is 0 Å². The minimum atomic E-state index is -0.630. The van der Waals surface area contributed by atoms with E-state index in [0.717, 1.165) is 42.6 Å². The first-order chi connectivity index (χ1) is 10.6. The van der Waals surface area contributed by atoms with Crippen LogP contribution < -0.4 is 0 Å². The maximum atomic E-state index is 12.0. The van der Waals surface area contributed by atoms with Crippen molar-refractivity contribution in [1.82, 2.24) is 0 Å². The van der Waals surface area contributed by atoms with Crippen molar-refractivity contribution >= 4 is 12.0 Å². The van der Waals surface area contributed by atoms with Gasteiger partial charge in [-0.25, -0.2) is 0 Å². The molecule has 0 radical (unpaired) electrons. The Morgan fingerprint density at radius 1 is 1.05 bits per heavy atom. The smallest absolute Gasteiger partial charge is 0.310 e. The first-order valence-electron chi connectivity index (χ1n) is 8.61. The predicted octanol–water partition coefficient (Wildman–Crippen LogP) is 4.62. The van der Waals surface area contributed by atoms with Crippen LogP contribution in [0, 0.1) is 29.1 Å². The first kappa shape index (κ1) is 14.0. The van der Waals surface area contributed by atoms with E-state index in [-0.39, 0.29) is 11.3 Å². The van der Waals surface area contributed by atoms with Gasteiger partial charge in [0.15, 0.2) is 0 Å². The summed E-state index contributed by atoms with van der Waals surface area (Å²) in [5.74, 6) is 1.42. The molecule has 1 N–H and O–H groups in total. The van der Waals surface area contributed by atoms with Crippen LogP contribution in [0.25, 0.3) is 6.08 Å². The molecule has 0 amide bonds. The standard InChI is InChI=1S/C20H24O2/c21-19(22)18(7-6-14-4-2-1-3-5-14)20-11-15-8-16(12-20)10-17(9-15)13-20/h1-7,15-18H,8-13H2,(H,21,22). The van der Waals surface area contributed by atoms with Crippen molar-refractivity contribution in [2.24, 2.45) is 29.1 Å². The van der Waals surface area contributed by atoms with Gasteiger partial charge in [0.25, 0.3) is 0 Å². The summed E-state index contributed by atoms with van der Waals surface area (Å²) >= 11 is 0. The third-order valence-electron chi connectivity index (χ3n) is 6.29. The molecule has 4 aliphatic rings. The number of carboxylic acids is 1. The fraction of sp³-hybridized carbons (Fsp3) is 0.550. The Balaban J connectivity index is 1.62. The molecule has 4 bridgehead atoms. The molecule has 4 aliphatic carbocycles. The van der Waals surface area contributed by atoms with Gasteiger partial charge in [-0.2, -0.15) is 0 Å². The van der Waals surface area contributed by atoms with E-state index >= 15 is 0 Å². The van der Waals surface area contributed by atoms with E-state index in [2.05, 4.69) is 0 Å². The van der Waals surface area contributed by atoms with Crippen LogP contribution in [0.3, 0.4) is 0 Å². The number of hydrogen-bond donors (Lipinski definition) is 1. The van der Waals surface area contributed by atoms with Crippen molar-refractivity contribution in [3.63, 3.8) is 0 Å². The van der Waals surface area contributed by atoms with Crippen molar-refractivity contribution in [1.29, 1.82) is 0 Å². The van der Waals surface area contributed by atoms with Crippen molar-refractivity contribution in [3.8, 4) is 0 Å². The molecule has 4 saturated carbocycles. The summed E-state index contributed by atoms with van der Waals surface area (Å²) in [6.07, 6.45) is 11.5. The van der Waals surface area contributed by atoms with Crippen molar-refractivity contribution in [2.45, 2.75) is 38.5 Å². The lowest BCUT2D eigenvalue weighted by Crippen LogP contribution is -2.50. The zero-order valence-electron chi connectivity index (χ0n) is 12.9. The van der Waals surface area contributed by atoms with Crippen LogP contribution in [0.5, 0.6) is 0 Å². The first-order valence-corrected chi connectivity index (χ1v) is 8.61. The molecule has 0 heterocycles. The molecule has 1 unspecified atom stereocenters. The molecule has 1 aromatic carbocycles. The van der Waals surface area contributed by atoms with Gasteiger partial charge >= 0.3 is 5.97 Å². The maximum Gasteiger partial charge on any atom is 0.310 e. The Hall–Kier alpha value is -1.57. The van der Waals surface area contributed by atoms with E-state index in [1.54, 1.807) is 0 Å². The van der Waals surface area contributed by atoms with Gasteiger partial charge in [-0.1, -0.05) is 42.5 Å². The molecular weight excluding hydrogens is 272 g/mol. The zero-order valence-corrected chi connectivity index (χ0v) is 12.9. The number of hydrogen-bond acceptors (Lipinski definition) is 1. The molecule has 1 aromatic rings. The summed E-state index contributed by atoms with van der Waals surface area (Å²) < 4.78 is 0. The molecule has 5 rings (SSSR count). The second-order valence-electron chi connectivity index (χ2n) is 7.87. The van der Waals surface area contributed by atoms with E-state index in [1.165, 1.54) is 19.3 Å². The van der Waals surface area contributed by atoms with Gasteiger partial charge in [-0.15, -0.1) is 0 Å². The van der Waals surface area contributed by atoms with E-state index in [0.29, 0.717) is 0 Å². The fourth-order valence-electron chi connectivity index (χ4n) is 5.88. The Morgan fingerprint density at radius 2 is 1.59 bits per heavy atom. The molecule has 0 spiro atoms. The van der Waals surface area contributed by atoms with Crippen LogP contribution in [0.1, 0.15) is 44.1 Å². The van der Waals surface area contributed by atoms with E-state index in [4.69, 9.17) is 0 Å². The topological polar surface area (TPSA) is 37.3 Å². The molecule has 22 heavy (non-hydrogen) atoms. The van der Waals surface area contributed by atoms with Crippen LogP contribution in [0.4, 0.5) is 0 Å². The summed E-state index contributed by atoms with van der Waals surface area (Å²) in [6, 6.07) is 10.1. The zero-order chi connectivity index (χ0) is 15.2. The van der Waals surface area contributed by atoms with Crippen LogP contribution in [-0.2, 0) is 4.79 Å². The van der Waals surface area contributed by atoms with Crippen LogP contribution >= 0.6 is 0 Å². The molecule has 0 saturated heterocycles. The van der Waals surface area contributed by atoms with Gasteiger partial charge in [0.2, 0.25) is 0 Å². The lowest BCUT2D eigenvalue weighted by molar-refractivity contribution is -0.153.